The molecule has 0 unspecified atom stereocenters. The van der Waals surface area contributed by atoms with Gasteiger partial charge in [-0.1, -0.05) is 38.3 Å². The van der Waals surface area contributed by atoms with Gasteiger partial charge in [0, 0.05) is 24.5 Å². The summed E-state index contributed by atoms with van der Waals surface area (Å²) in [4.78, 5) is 15.3. The summed E-state index contributed by atoms with van der Waals surface area (Å²) in [7, 11) is 0. The number of amides is 1. The summed E-state index contributed by atoms with van der Waals surface area (Å²) in [6.07, 6.45) is 11.1. The van der Waals surface area contributed by atoms with E-state index in [2.05, 4.69) is 23.5 Å². The molecular weight excluding hydrogens is 236 g/mol. The molecule has 0 rings (SSSR count). The average molecular weight is 258 g/mol. The van der Waals surface area contributed by atoms with Gasteiger partial charge >= 0.3 is 0 Å². The number of hydrogen-bond acceptors (Lipinski definition) is 2. The lowest BCUT2D eigenvalue weighted by molar-refractivity contribution is -0.119. The molecule has 0 bridgehead atoms. The predicted molar refractivity (Wildman–Crippen MR) is 82.9 cm³/mol. The van der Waals surface area contributed by atoms with Gasteiger partial charge in [-0.05, 0) is 31.1 Å². The second-order valence-electron chi connectivity index (χ2n) is 3.85. The zero-order valence-electron chi connectivity index (χ0n) is 11.9. The molecule has 0 heterocycles. The molecule has 3 nitrogen and oxygen atoms in total. The van der Waals surface area contributed by atoms with Crippen LogP contribution in [0.25, 0.3) is 0 Å². The van der Waals surface area contributed by atoms with E-state index in [4.69, 9.17) is 0 Å². The minimum absolute atomic E-state index is 0.0421. The van der Waals surface area contributed by atoms with Crippen LogP contribution >= 0.6 is 0 Å². The summed E-state index contributed by atoms with van der Waals surface area (Å²) in [6, 6.07) is 0. The van der Waals surface area contributed by atoms with Crippen LogP contribution < -0.4 is 5.32 Å². The number of hydrogen-bond donors (Lipinski definition) is 1. The normalized spacial score (nSPS) is 13.0. The number of carbonyl (C=O) groups is 1. The Morgan fingerprint density at radius 1 is 1.37 bits per heavy atom. The van der Waals surface area contributed by atoms with Gasteiger partial charge in [-0.25, -0.2) is 0 Å². The molecule has 0 saturated heterocycles. The monoisotopic (exact) mass is 258 g/mol. The number of carbonyl (C=O) groups excluding carboxylic acids is 1. The van der Waals surface area contributed by atoms with Crippen LogP contribution in [-0.4, -0.2) is 12.1 Å². The highest BCUT2D eigenvalue weighted by Crippen LogP contribution is 2.11. The molecule has 0 atom stereocenters. The molecule has 0 aliphatic carbocycles. The Labute approximate surface area is 115 Å². The van der Waals surface area contributed by atoms with Crippen molar-refractivity contribution in [3.8, 4) is 0 Å². The second-order valence-corrected chi connectivity index (χ2v) is 3.85. The highest BCUT2D eigenvalue weighted by atomic mass is 16.1. The van der Waals surface area contributed by atoms with Crippen LogP contribution in [0, 0.1) is 0 Å². The highest BCUT2D eigenvalue weighted by Gasteiger charge is 1.97. The van der Waals surface area contributed by atoms with Crippen molar-refractivity contribution in [1.82, 2.24) is 5.32 Å². The molecule has 0 aliphatic heterocycles. The molecule has 0 aliphatic rings. The van der Waals surface area contributed by atoms with Gasteiger partial charge < -0.3 is 5.32 Å². The fourth-order valence-corrected chi connectivity index (χ4v) is 1.25. The van der Waals surface area contributed by atoms with Gasteiger partial charge in [0.1, 0.15) is 0 Å². The maximum Gasteiger partial charge on any atom is 0.224 e. The molecule has 0 spiro atoms. The molecule has 102 valence electrons. The van der Waals surface area contributed by atoms with Crippen molar-refractivity contribution in [2.24, 2.45) is 4.99 Å². The van der Waals surface area contributed by atoms with Crippen molar-refractivity contribution in [2.75, 3.05) is 0 Å². The van der Waals surface area contributed by atoms with E-state index in [0.717, 1.165) is 11.1 Å². The average Bonchev–Trinajstić information content (AvgIpc) is 2.39. The lowest BCUT2D eigenvalue weighted by Crippen LogP contribution is -2.19. The zero-order valence-corrected chi connectivity index (χ0v) is 11.9. The Bertz CT molecular complexity index is 451. The quantitative estimate of drug-likeness (QED) is 0.549. The molecule has 3 heteroatoms. The second kappa shape index (κ2) is 9.83. The molecule has 0 aromatic heterocycles. The van der Waals surface area contributed by atoms with Crippen molar-refractivity contribution >= 4 is 12.1 Å². The molecular formula is C16H22N2O. The van der Waals surface area contributed by atoms with E-state index in [0.29, 0.717) is 12.1 Å². The third-order valence-corrected chi connectivity index (χ3v) is 2.31. The maximum atomic E-state index is 11.2. The van der Waals surface area contributed by atoms with Crippen molar-refractivity contribution in [1.29, 1.82) is 0 Å². The Morgan fingerprint density at radius 3 is 2.58 bits per heavy atom. The van der Waals surface area contributed by atoms with E-state index < -0.39 is 0 Å². The number of allylic oxidation sites excluding steroid dienone is 6. The summed E-state index contributed by atoms with van der Waals surface area (Å²) in [5.41, 5.74) is 2.62. The first-order valence-corrected chi connectivity index (χ1v) is 6.19. The van der Waals surface area contributed by atoms with E-state index in [1.54, 1.807) is 31.5 Å². The highest BCUT2D eigenvalue weighted by molar-refractivity contribution is 5.77. The van der Waals surface area contributed by atoms with Gasteiger partial charge in [0.2, 0.25) is 5.91 Å². The van der Waals surface area contributed by atoms with Gasteiger partial charge in [-0.3, -0.25) is 9.79 Å². The molecule has 0 radical (unpaired) electrons. The minimum atomic E-state index is -0.0421. The van der Waals surface area contributed by atoms with Crippen LogP contribution in [0.4, 0.5) is 0 Å². The first-order chi connectivity index (χ1) is 9.04. The summed E-state index contributed by atoms with van der Waals surface area (Å²) in [5.74, 6) is -0.0421. The minimum Gasteiger partial charge on any atom is -0.327 e. The summed E-state index contributed by atoms with van der Waals surface area (Å²) in [6.45, 7) is 13.0. The van der Waals surface area contributed by atoms with Gasteiger partial charge in [0.15, 0.2) is 0 Å². The van der Waals surface area contributed by atoms with E-state index >= 15 is 0 Å². The lowest BCUT2D eigenvalue weighted by atomic mass is 10.1. The maximum absolute atomic E-state index is 11.2. The van der Waals surface area contributed by atoms with Crippen molar-refractivity contribution in [2.45, 2.75) is 27.2 Å². The van der Waals surface area contributed by atoms with Crippen molar-refractivity contribution in [3.63, 3.8) is 0 Å². The Balaban J connectivity index is 4.69. The topological polar surface area (TPSA) is 41.5 Å². The van der Waals surface area contributed by atoms with Gasteiger partial charge in [0.25, 0.3) is 0 Å². The van der Waals surface area contributed by atoms with E-state index in [1.807, 2.05) is 26.0 Å². The van der Waals surface area contributed by atoms with Crippen LogP contribution in [0.5, 0.6) is 0 Å². The first kappa shape index (κ1) is 16.8. The predicted octanol–water partition coefficient (Wildman–Crippen LogP) is 3.69. The fraction of sp³-hybridized carbons (Fsp3) is 0.250. The number of nitrogens with one attached hydrogen (secondary N) is 1. The summed E-state index contributed by atoms with van der Waals surface area (Å²) in [5, 5.41) is 2.69. The van der Waals surface area contributed by atoms with E-state index in [-0.39, 0.29) is 5.91 Å². The molecule has 0 aromatic carbocycles. The van der Waals surface area contributed by atoms with Gasteiger partial charge in [-0.2, -0.15) is 0 Å². The van der Waals surface area contributed by atoms with Crippen molar-refractivity contribution < 1.29 is 4.79 Å². The SMILES string of the molecule is C=CC=N/C=C(C)/C(/C=C\C(=C)NC(=O)CC)=C/C. The number of nitrogens with zero attached hydrogens (tertiary/aromatic N) is 1. The van der Waals surface area contributed by atoms with Gasteiger partial charge in [-0.15, -0.1) is 0 Å². The molecule has 0 fully saturated rings. The Kier molecular flexibility index (Phi) is 8.71. The van der Waals surface area contributed by atoms with Gasteiger partial charge in [0.05, 0.1) is 0 Å². The number of aliphatic imine (C=N–C) groups is 1. The third kappa shape index (κ3) is 7.71. The zero-order chi connectivity index (χ0) is 14.7. The van der Waals surface area contributed by atoms with Crippen LogP contribution in [-0.2, 0) is 4.79 Å². The van der Waals surface area contributed by atoms with Crippen molar-refractivity contribution in [3.05, 3.63) is 60.5 Å². The standard InChI is InChI=1S/C16H22N2O/c1-6-11-17-12-13(4)15(7-2)10-9-14(5)18-16(19)8-3/h6-7,9-12H,1,5,8H2,2-4H3,(H,18,19)/b10-9-,13-12+,15-7+,17-11?. The van der Waals surface area contributed by atoms with E-state index in [1.165, 1.54) is 0 Å². The van der Waals surface area contributed by atoms with Crippen LogP contribution in [0.1, 0.15) is 27.2 Å². The molecule has 1 amide bonds. The van der Waals surface area contributed by atoms with Crippen LogP contribution in [0.3, 0.4) is 0 Å². The summed E-state index contributed by atoms with van der Waals surface area (Å²) >= 11 is 0. The summed E-state index contributed by atoms with van der Waals surface area (Å²) < 4.78 is 0. The van der Waals surface area contributed by atoms with Crippen LogP contribution in [0.15, 0.2) is 65.5 Å². The Hall–Kier alpha value is -2.16. The molecule has 0 saturated carbocycles. The smallest absolute Gasteiger partial charge is 0.224 e. The molecule has 1 N–H and O–H groups in total. The Morgan fingerprint density at radius 2 is 2.05 bits per heavy atom. The van der Waals surface area contributed by atoms with Crippen LogP contribution in [0.2, 0.25) is 0 Å². The first-order valence-electron chi connectivity index (χ1n) is 6.19. The molecule has 19 heavy (non-hydrogen) atoms. The molecule has 0 aromatic rings. The number of rotatable bonds is 7. The van der Waals surface area contributed by atoms with E-state index in [9.17, 15) is 4.79 Å². The lowest BCUT2D eigenvalue weighted by Gasteiger charge is -2.03. The fourth-order valence-electron chi connectivity index (χ4n) is 1.25. The largest absolute Gasteiger partial charge is 0.327 e. The third-order valence-electron chi connectivity index (χ3n) is 2.31.